The molecule has 0 rings (SSSR count). The van der Waals surface area contributed by atoms with Gasteiger partial charge in [-0.05, 0) is 38.8 Å². The molecule has 0 fully saturated rings. The molecule has 0 radical (unpaired) electrons. The summed E-state index contributed by atoms with van der Waals surface area (Å²) in [5, 5.41) is 0. The Kier molecular flexibility index (Phi) is 22.9. The van der Waals surface area contributed by atoms with Crippen LogP contribution in [0.2, 0.25) is 38.8 Å². The Morgan fingerprint density at radius 2 is 0.957 bits per heavy atom. The van der Waals surface area contributed by atoms with Crippen molar-refractivity contribution in [3.8, 4) is 0 Å². The van der Waals surface area contributed by atoms with Crippen molar-refractivity contribution >= 4 is 16.6 Å². The van der Waals surface area contributed by atoms with E-state index in [9.17, 15) is 0 Å². The second-order valence-corrected chi connectivity index (χ2v) is 16.9. The fourth-order valence-corrected chi connectivity index (χ4v) is 2.74. The van der Waals surface area contributed by atoms with E-state index < -0.39 is 16.6 Å². The molecule has 0 atom stereocenters. The highest BCUT2D eigenvalue weighted by atomic mass is 28.4. The summed E-state index contributed by atoms with van der Waals surface area (Å²) in [5.41, 5.74) is 0. The lowest BCUT2D eigenvalue weighted by atomic mass is 10.1. The third-order valence-electron chi connectivity index (χ3n) is 3.80. The summed E-state index contributed by atoms with van der Waals surface area (Å²) < 4.78 is 10.6. The predicted octanol–water partition coefficient (Wildman–Crippen LogP) is 7.47. The smallest absolute Gasteiger partial charge is 0.186 e. The van der Waals surface area contributed by atoms with Crippen molar-refractivity contribution < 1.29 is 8.85 Å². The van der Waals surface area contributed by atoms with E-state index in [1.165, 1.54) is 57.4 Å². The highest BCUT2D eigenvalue weighted by Gasteiger charge is 2.18. The molecule has 0 heterocycles. The van der Waals surface area contributed by atoms with Gasteiger partial charge in [-0.2, -0.15) is 0 Å². The summed E-state index contributed by atoms with van der Waals surface area (Å²) in [6.07, 6.45) is 11.0. The SMILES string of the molecule is CCCC.CCCCCCCC[Si](C)(C)OC.CO[Si](C)(C)C. The molecular weight excluding hydrogens is 316 g/mol. The molecular formula is C19H48O2Si2. The van der Waals surface area contributed by atoms with E-state index in [0.717, 1.165) is 0 Å². The lowest BCUT2D eigenvalue weighted by Crippen LogP contribution is -2.27. The highest BCUT2D eigenvalue weighted by Crippen LogP contribution is 2.16. The Hall–Kier alpha value is 0.354. The topological polar surface area (TPSA) is 18.5 Å². The van der Waals surface area contributed by atoms with Gasteiger partial charge in [0.2, 0.25) is 0 Å². The van der Waals surface area contributed by atoms with Crippen molar-refractivity contribution in [1.29, 1.82) is 0 Å². The minimum Gasteiger partial charge on any atom is -0.421 e. The molecule has 0 unspecified atom stereocenters. The zero-order valence-corrected chi connectivity index (χ0v) is 20.2. The Balaban J connectivity index is -0.000000330. The van der Waals surface area contributed by atoms with Crippen molar-refractivity contribution in [3.05, 3.63) is 0 Å². The quantitative estimate of drug-likeness (QED) is 0.295. The van der Waals surface area contributed by atoms with Crippen LogP contribution in [-0.4, -0.2) is 30.9 Å². The zero-order chi connectivity index (χ0) is 18.8. The van der Waals surface area contributed by atoms with Crippen LogP contribution < -0.4 is 0 Å². The van der Waals surface area contributed by atoms with Crippen LogP contribution in [0.5, 0.6) is 0 Å². The van der Waals surface area contributed by atoms with Crippen LogP contribution in [-0.2, 0) is 8.85 Å². The van der Waals surface area contributed by atoms with Crippen molar-refractivity contribution in [2.24, 2.45) is 0 Å². The molecule has 0 bridgehead atoms. The molecule has 0 saturated heterocycles. The lowest BCUT2D eigenvalue weighted by Gasteiger charge is -2.19. The van der Waals surface area contributed by atoms with Gasteiger partial charge in [0, 0.05) is 14.2 Å². The van der Waals surface area contributed by atoms with E-state index in [4.69, 9.17) is 8.85 Å². The maximum Gasteiger partial charge on any atom is 0.186 e. The van der Waals surface area contributed by atoms with Gasteiger partial charge in [-0.3, -0.25) is 0 Å². The first-order valence-electron chi connectivity index (χ1n) is 9.70. The average molecular weight is 365 g/mol. The first-order chi connectivity index (χ1) is 10.6. The minimum absolute atomic E-state index is 1.13. The number of unbranched alkanes of at least 4 members (excludes halogenated alkanes) is 6. The molecule has 23 heavy (non-hydrogen) atoms. The molecule has 0 aliphatic rings. The summed E-state index contributed by atoms with van der Waals surface area (Å²) in [4.78, 5) is 0. The number of rotatable bonds is 10. The van der Waals surface area contributed by atoms with Gasteiger partial charge in [-0.15, -0.1) is 0 Å². The standard InChI is InChI=1S/C11H26OSi.C4H12OSi.C4H10/c1-5-6-7-8-9-10-11-13(3,4)12-2;1-5-6(2,3)4;1-3-4-2/h5-11H2,1-4H3;1-4H3;3-4H2,1-2H3. The molecule has 0 N–H and O–H groups in total. The van der Waals surface area contributed by atoms with Crippen LogP contribution in [0.4, 0.5) is 0 Å². The van der Waals surface area contributed by atoms with Crippen molar-refractivity contribution in [2.75, 3.05) is 14.2 Å². The van der Waals surface area contributed by atoms with Crippen LogP contribution in [0.3, 0.4) is 0 Å². The molecule has 2 nitrogen and oxygen atoms in total. The number of hydrogen-bond acceptors (Lipinski definition) is 2. The van der Waals surface area contributed by atoms with Gasteiger partial charge in [-0.25, -0.2) is 0 Å². The Morgan fingerprint density at radius 3 is 1.26 bits per heavy atom. The van der Waals surface area contributed by atoms with Gasteiger partial charge in [0.1, 0.15) is 0 Å². The largest absolute Gasteiger partial charge is 0.421 e. The maximum atomic E-state index is 5.50. The molecule has 4 heteroatoms. The molecule has 0 amide bonds. The van der Waals surface area contributed by atoms with Crippen LogP contribution in [0.25, 0.3) is 0 Å². The summed E-state index contributed by atoms with van der Waals surface area (Å²) in [6, 6.07) is 1.33. The monoisotopic (exact) mass is 364 g/mol. The molecule has 0 aromatic rings. The van der Waals surface area contributed by atoms with Crippen LogP contribution >= 0.6 is 0 Å². The van der Waals surface area contributed by atoms with Gasteiger partial charge in [0.05, 0.1) is 0 Å². The average Bonchev–Trinajstić information content (AvgIpc) is 2.51. The third-order valence-corrected chi connectivity index (χ3v) is 7.68. The summed E-state index contributed by atoms with van der Waals surface area (Å²) in [7, 11) is 1.26. The van der Waals surface area contributed by atoms with Crippen molar-refractivity contribution in [2.45, 2.75) is 111 Å². The summed E-state index contributed by atoms with van der Waals surface area (Å²) in [5.74, 6) is 0. The second kappa shape index (κ2) is 18.7. The molecule has 0 saturated carbocycles. The zero-order valence-electron chi connectivity index (χ0n) is 18.2. The van der Waals surface area contributed by atoms with Crippen LogP contribution in [0.15, 0.2) is 0 Å². The highest BCUT2D eigenvalue weighted by molar-refractivity contribution is 6.71. The molecule has 0 spiro atoms. The Bertz CT molecular complexity index is 212. The summed E-state index contributed by atoms with van der Waals surface area (Å²) in [6.45, 7) is 17.7. The van der Waals surface area contributed by atoms with E-state index in [-0.39, 0.29) is 0 Å². The molecule has 0 aromatic heterocycles. The summed E-state index contributed by atoms with van der Waals surface area (Å²) >= 11 is 0. The van der Waals surface area contributed by atoms with Gasteiger partial charge < -0.3 is 8.85 Å². The van der Waals surface area contributed by atoms with Crippen LogP contribution in [0, 0.1) is 0 Å². The van der Waals surface area contributed by atoms with E-state index >= 15 is 0 Å². The van der Waals surface area contributed by atoms with Crippen molar-refractivity contribution in [1.82, 2.24) is 0 Å². The second-order valence-electron chi connectivity index (χ2n) is 7.80. The minimum atomic E-state index is -1.25. The lowest BCUT2D eigenvalue weighted by molar-refractivity contribution is 0.400. The molecule has 144 valence electrons. The van der Waals surface area contributed by atoms with Gasteiger partial charge in [0.25, 0.3) is 0 Å². The van der Waals surface area contributed by atoms with E-state index in [1.54, 1.807) is 7.11 Å². The van der Waals surface area contributed by atoms with Gasteiger partial charge in [-0.1, -0.05) is 72.1 Å². The first-order valence-corrected chi connectivity index (χ1v) is 16.2. The van der Waals surface area contributed by atoms with Crippen LogP contribution in [0.1, 0.15) is 72.1 Å². The van der Waals surface area contributed by atoms with E-state index in [1.807, 2.05) is 7.11 Å². The first kappa shape index (κ1) is 28.2. The third kappa shape index (κ3) is 34.6. The van der Waals surface area contributed by atoms with E-state index in [0.29, 0.717) is 0 Å². The van der Waals surface area contributed by atoms with E-state index in [2.05, 4.69) is 53.5 Å². The maximum absolute atomic E-state index is 5.50. The normalized spacial score (nSPS) is 11.2. The Labute approximate surface area is 151 Å². The molecule has 0 aliphatic carbocycles. The fraction of sp³-hybridized carbons (Fsp3) is 1.00. The number of hydrogen-bond donors (Lipinski definition) is 0. The Morgan fingerprint density at radius 1 is 0.565 bits per heavy atom. The van der Waals surface area contributed by atoms with Gasteiger partial charge in [0.15, 0.2) is 16.6 Å². The van der Waals surface area contributed by atoms with Crippen molar-refractivity contribution in [3.63, 3.8) is 0 Å². The fourth-order valence-electron chi connectivity index (χ4n) is 1.43. The predicted molar refractivity (Wildman–Crippen MR) is 114 cm³/mol. The molecule has 0 aliphatic heterocycles. The van der Waals surface area contributed by atoms with Gasteiger partial charge >= 0.3 is 0 Å². The molecule has 0 aromatic carbocycles.